The Kier molecular flexibility index (Phi) is 4.22. The summed E-state index contributed by atoms with van der Waals surface area (Å²) in [5.74, 6) is 0. The van der Waals surface area contributed by atoms with E-state index in [0.717, 1.165) is 31.6 Å². The predicted molar refractivity (Wildman–Crippen MR) is 81.1 cm³/mol. The van der Waals surface area contributed by atoms with Gasteiger partial charge < -0.3 is 15.5 Å². The van der Waals surface area contributed by atoms with Gasteiger partial charge in [-0.3, -0.25) is 0 Å². The zero-order valence-corrected chi connectivity index (χ0v) is 12.7. The summed E-state index contributed by atoms with van der Waals surface area (Å²) in [6.45, 7) is 1.72. The average Bonchev–Trinajstić information content (AvgIpc) is 2.37. The lowest BCUT2D eigenvalue weighted by Crippen LogP contribution is -2.42. The van der Waals surface area contributed by atoms with Gasteiger partial charge in [0.05, 0.1) is 11.4 Å². The van der Waals surface area contributed by atoms with Gasteiger partial charge in [-0.1, -0.05) is 6.07 Å². The Morgan fingerprint density at radius 1 is 1.25 bits per heavy atom. The minimum absolute atomic E-state index is 0.00438. The summed E-state index contributed by atoms with van der Waals surface area (Å²) in [6, 6.07) is 5.54. The summed E-state index contributed by atoms with van der Waals surface area (Å²) < 4.78 is 23.0. The number of nitrogen functional groups attached to an aromatic ring is 1. The number of para-hydroxylation sites is 1. The molecule has 0 unspecified atom stereocenters. The maximum atomic E-state index is 11.5. The van der Waals surface area contributed by atoms with Crippen LogP contribution in [0.5, 0.6) is 0 Å². The third kappa shape index (κ3) is 3.05. The summed E-state index contributed by atoms with van der Waals surface area (Å²) in [5, 5.41) is 5.18. The molecule has 2 rings (SSSR count). The van der Waals surface area contributed by atoms with Crippen LogP contribution in [0.3, 0.4) is 0 Å². The van der Waals surface area contributed by atoms with E-state index >= 15 is 0 Å². The largest absolute Gasteiger partial charge is 0.396 e. The maximum absolute atomic E-state index is 11.5. The van der Waals surface area contributed by atoms with Crippen LogP contribution >= 0.6 is 0 Å². The molecular formula is C13H22N4O2S. The summed E-state index contributed by atoms with van der Waals surface area (Å²) in [4.78, 5) is 4.36. The van der Waals surface area contributed by atoms with E-state index in [9.17, 15) is 8.42 Å². The second-order valence-electron chi connectivity index (χ2n) is 5.42. The van der Waals surface area contributed by atoms with Gasteiger partial charge in [-0.15, -0.1) is 0 Å². The number of primary sulfonamides is 1. The van der Waals surface area contributed by atoms with E-state index in [2.05, 4.69) is 23.9 Å². The number of benzene rings is 1. The van der Waals surface area contributed by atoms with Crippen LogP contribution in [0.15, 0.2) is 23.1 Å². The second-order valence-corrected chi connectivity index (χ2v) is 6.95. The molecule has 6 nitrogen and oxygen atoms in total. The number of nitrogens with zero attached hydrogens (tertiary/aromatic N) is 2. The van der Waals surface area contributed by atoms with E-state index < -0.39 is 10.0 Å². The Morgan fingerprint density at radius 3 is 2.35 bits per heavy atom. The Labute approximate surface area is 120 Å². The first-order valence-corrected chi connectivity index (χ1v) is 8.18. The van der Waals surface area contributed by atoms with Crippen molar-refractivity contribution >= 4 is 21.4 Å². The summed E-state index contributed by atoms with van der Waals surface area (Å²) in [7, 11) is 0.381. The molecule has 112 valence electrons. The van der Waals surface area contributed by atoms with Crippen LogP contribution in [-0.4, -0.2) is 46.5 Å². The highest BCUT2D eigenvalue weighted by molar-refractivity contribution is 7.89. The van der Waals surface area contributed by atoms with Gasteiger partial charge >= 0.3 is 0 Å². The molecule has 1 aromatic rings. The van der Waals surface area contributed by atoms with Crippen LogP contribution in [-0.2, 0) is 10.0 Å². The van der Waals surface area contributed by atoms with Crippen molar-refractivity contribution in [3.05, 3.63) is 18.2 Å². The molecule has 1 fully saturated rings. The number of rotatable bonds is 3. The van der Waals surface area contributed by atoms with E-state index in [1.807, 2.05) is 6.07 Å². The predicted octanol–water partition coefficient (Wildman–Crippen LogP) is 0.447. The molecule has 1 heterocycles. The van der Waals surface area contributed by atoms with Gasteiger partial charge in [0, 0.05) is 19.1 Å². The topological polar surface area (TPSA) is 92.7 Å². The molecule has 0 aliphatic carbocycles. The SMILES string of the molecule is CN(C)C1CCN(c2cccc(S(N)(=O)=O)c2N)CC1. The summed E-state index contributed by atoms with van der Waals surface area (Å²) in [5.41, 5.74) is 6.99. The van der Waals surface area contributed by atoms with Gasteiger partial charge in [0.15, 0.2) is 0 Å². The van der Waals surface area contributed by atoms with Gasteiger partial charge in [-0.2, -0.15) is 0 Å². The zero-order valence-electron chi connectivity index (χ0n) is 11.9. The number of sulfonamides is 1. The number of nitrogens with two attached hydrogens (primary N) is 2. The molecule has 0 radical (unpaired) electrons. The second kappa shape index (κ2) is 5.59. The van der Waals surface area contributed by atoms with Gasteiger partial charge in [-0.25, -0.2) is 13.6 Å². The quantitative estimate of drug-likeness (QED) is 0.790. The fraction of sp³-hybridized carbons (Fsp3) is 0.538. The first kappa shape index (κ1) is 15.1. The van der Waals surface area contributed by atoms with E-state index in [4.69, 9.17) is 10.9 Å². The molecule has 0 saturated carbocycles. The molecule has 0 atom stereocenters. The van der Waals surface area contributed by atoms with Gasteiger partial charge in [0.2, 0.25) is 10.0 Å². The van der Waals surface area contributed by atoms with Crippen LogP contribution in [0, 0.1) is 0 Å². The minimum Gasteiger partial charge on any atom is -0.396 e. The lowest BCUT2D eigenvalue weighted by Gasteiger charge is -2.37. The molecule has 20 heavy (non-hydrogen) atoms. The summed E-state index contributed by atoms with van der Waals surface area (Å²) in [6.07, 6.45) is 2.07. The van der Waals surface area contributed by atoms with Crippen LogP contribution < -0.4 is 15.8 Å². The van der Waals surface area contributed by atoms with Crippen molar-refractivity contribution in [3.8, 4) is 0 Å². The lowest BCUT2D eigenvalue weighted by molar-refractivity contribution is 0.250. The number of anilines is 2. The molecule has 4 N–H and O–H groups in total. The molecule has 1 aliphatic rings. The van der Waals surface area contributed by atoms with Crippen molar-refractivity contribution in [2.45, 2.75) is 23.8 Å². The van der Waals surface area contributed by atoms with E-state index in [-0.39, 0.29) is 10.6 Å². The first-order valence-electron chi connectivity index (χ1n) is 6.63. The highest BCUT2D eigenvalue weighted by atomic mass is 32.2. The van der Waals surface area contributed by atoms with Crippen LogP contribution in [0.25, 0.3) is 0 Å². The van der Waals surface area contributed by atoms with Crippen molar-refractivity contribution in [3.63, 3.8) is 0 Å². The monoisotopic (exact) mass is 298 g/mol. The third-order valence-electron chi connectivity index (χ3n) is 3.89. The molecule has 1 saturated heterocycles. The van der Waals surface area contributed by atoms with Crippen molar-refractivity contribution in [1.82, 2.24) is 4.90 Å². The smallest absolute Gasteiger partial charge is 0.240 e. The van der Waals surface area contributed by atoms with E-state index in [1.165, 1.54) is 6.07 Å². The highest BCUT2D eigenvalue weighted by Gasteiger charge is 2.24. The maximum Gasteiger partial charge on any atom is 0.240 e. The van der Waals surface area contributed by atoms with Crippen molar-refractivity contribution in [1.29, 1.82) is 0 Å². The molecule has 0 bridgehead atoms. The van der Waals surface area contributed by atoms with E-state index in [0.29, 0.717) is 6.04 Å². The third-order valence-corrected chi connectivity index (χ3v) is 4.85. The minimum atomic E-state index is -3.78. The van der Waals surface area contributed by atoms with Crippen LogP contribution in [0.1, 0.15) is 12.8 Å². The number of hydrogen-bond acceptors (Lipinski definition) is 5. The molecule has 7 heteroatoms. The fourth-order valence-corrected chi connectivity index (χ4v) is 3.36. The standard InChI is InChI=1S/C13H22N4O2S/c1-16(2)10-6-8-17(9-7-10)11-4-3-5-12(13(11)14)20(15,18)19/h3-5,10H,6-9,14H2,1-2H3,(H2,15,18,19). The van der Waals surface area contributed by atoms with Gasteiger partial charge in [0.25, 0.3) is 0 Å². The van der Waals surface area contributed by atoms with Crippen LogP contribution in [0.2, 0.25) is 0 Å². The van der Waals surface area contributed by atoms with Gasteiger partial charge in [-0.05, 0) is 39.1 Å². The lowest BCUT2D eigenvalue weighted by atomic mass is 10.0. The molecule has 1 aromatic carbocycles. The van der Waals surface area contributed by atoms with Crippen molar-refractivity contribution in [2.24, 2.45) is 5.14 Å². The Morgan fingerprint density at radius 2 is 1.85 bits per heavy atom. The molecule has 0 aromatic heterocycles. The molecule has 1 aliphatic heterocycles. The zero-order chi connectivity index (χ0) is 14.9. The Hall–Kier alpha value is -1.31. The molecule has 0 amide bonds. The molecule has 0 spiro atoms. The molecular weight excluding hydrogens is 276 g/mol. The first-order chi connectivity index (χ1) is 9.30. The highest BCUT2D eigenvalue weighted by Crippen LogP contribution is 2.31. The summed E-state index contributed by atoms with van der Waals surface area (Å²) >= 11 is 0. The van der Waals surface area contributed by atoms with Gasteiger partial charge in [0.1, 0.15) is 4.90 Å². The Bertz CT molecular complexity index is 578. The fourth-order valence-electron chi connectivity index (χ4n) is 2.68. The van der Waals surface area contributed by atoms with Crippen molar-refractivity contribution in [2.75, 3.05) is 37.8 Å². The van der Waals surface area contributed by atoms with Crippen LogP contribution in [0.4, 0.5) is 11.4 Å². The van der Waals surface area contributed by atoms with E-state index in [1.54, 1.807) is 6.07 Å². The number of piperidine rings is 1. The normalized spacial score (nSPS) is 17.7. The number of hydrogen-bond donors (Lipinski definition) is 2. The Balaban J connectivity index is 2.23. The van der Waals surface area contributed by atoms with Crippen molar-refractivity contribution < 1.29 is 8.42 Å². The average molecular weight is 298 g/mol.